The summed E-state index contributed by atoms with van der Waals surface area (Å²) in [4.78, 5) is 13.0. The summed E-state index contributed by atoms with van der Waals surface area (Å²) in [5, 5.41) is 3.25. The number of benzene rings is 3. The van der Waals surface area contributed by atoms with Gasteiger partial charge in [0.05, 0.1) is 22.9 Å². The Hall–Kier alpha value is -2.83. The molecule has 0 aromatic heterocycles. The largest absolute Gasteiger partial charge is 0.341 e. The maximum absolute atomic E-state index is 13.0. The molecule has 0 bridgehead atoms. The monoisotopic (exact) mass is 428 g/mol. The molecule has 0 aliphatic carbocycles. The van der Waals surface area contributed by atoms with Crippen LogP contribution in [0.4, 0.5) is 5.69 Å². The van der Waals surface area contributed by atoms with Crippen LogP contribution >= 0.6 is 11.6 Å². The van der Waals surface area contributed by atoms with Crippen LogP contribution < -0.4 is 10.0 Å². The van der Waals surface area contributed by atoms with E-state index in [-0.39, 0.29) is 22.3 Å². The summed E-state index contributed by atoms with van der Waals surface area (Å²) < 4.78 is 25.4. The first-order chi connectivity index (χ1) is 13.7. The van der Waals surface area contributed by atoms with Crippen LogP contribution in [0, 0.1) is 6.92 Å². The van der Waals surface area contributed by atoms with Crippen molar-refractivity contribution in [3.8, 4) is 0 Å². The van der Waals surface area contributed by atoms with Gasteiger partial charge in [-0.15, -0.1) is 0 Å². The Kier molecular flexibility index (Phi) is 6.25. The molecule has 150 valence electrons. The first-order valence-electron chi connectivity index (χ1n) is 8.92. The van der Waals surface area contributed by atoms with Crippen molar-refractivity contribution in [3.63, 3.8) is 0 Å². The summed E-state index contributed by atoms with van der Waals surface area (Å²) >= 11 is 6.22. The van der Waals surface area contributed by atoms with E-state index in [1.165, 1.54) is 18.2 Å². The Morgan fingerprint density at radius 1 is 0.931 bits per heavy atom. The molecule has 1 atom stereocenters. The minimum atomic E-state index is -3.47. The van der Waals surface area contributed by atoms with E-state index >= 15 is 0 Å². The quantitative estimate of drug-likeness (QED) is 0.605. The minimum absolute atomic E-state index is 0.188. The Morgan fingerprint density at radius 3 is 2.17 bits per heavy atom. The lowest BCUT2D eigenvalue weighted by Gasteiger charge is -2.21. The summed E-state index contributed by atoms with van der Waals surface area (Å²) in [5.41, 5.74) is 3.43. The molecule has 2 N–H and O–H groups in total. The van der Waals surface area contributed by atoms with E-state index in [0.717, 1.165) is 22.9 Å². The zero-order valence-corrected chi connectivity index (χ0v) is 17.6. The van der Waals surface area contributed by atoms with Crippen molar-refractivity contribution in [2.45, 2.75) is 13.0 Å². The lowest BCUT2D eigenvalue weighted by molar-refractivity contribution is 0.0943. The van der Waals surface area contributed by atoms with Crippen molar-refractivity contribution in [3.05, 3.63) is 100 Å². The number of carbonyl (C=O) groups is 1. The molecule has 0 aliphatic rings. The van der Waals surface area contributed by atoms with Crippen molar-refractivity contribution < 1.29 is 13.2 Å². The van der Waals surface area contributed by atoms with Gasteiger partial charge in [-0.2, -0.15) is 0 Å². The Labute approximate surface area is 175 Å². The van der Waals surface area contributed by atoms with E-state index < -0.39 is 15.9 Å². The first-order valence-corrected chi connectivity index (χ1v) is 11.2. The Morgan fingerprint density at radius 2 is 1.55 bits per heavy atom. The number of amides is 1. The molecule has 0 saturated heterocycles. The van der Waals surface area contributed by atoms with Crippen LogP contribution in [0.5, 0.6) is 0 Å². The van der Waals surface area contributed by atoms with Gasteiger partial charge in [0.25, 0.3) is 5.91 Å². The van der Waals surface area contributed by atoms with Crippen molar-refractivity contribution in [2.75, 3.05) is 11.0 Å². The second kappa shape index (κ2) is 8.68. The smallest absolute Gasteiger partial charge is 0.253 e. The average Bonchev–Trinajstić information content (AvgIpc) is 2.68. The van der Waals surface area contributed by atoms with Crippen molar-refractivity contribution in [1.82, 2.24) is 5.32 Å². The highest BCUT2D eigenvalue weighted by molar-refractivity contribution is 7.92. The van der Waals surface area contributed by atoms with E-state index in [1.807, 2.05) is 61.5 Å². The predicted molar refractivity (Wildman–Crippen MR) is 117 cm³/mol. The number of halogens is 1. The highest BCUT2D eigenvalue weighted by Crippen LogP contribution is 2.26. The number of nitrogens with one attached hydrogen (secondary N) is 2. The predicted octanol–water partition coefficient (Wildman–Crippen LogP) is 4.54. The Bertz CT molecular complexity index is 1110. The van der Waals surface area contributed by atoms with Crippen molar-refractivity contribution >= 4 is 33.2 Å². The molecule has 3 aromatic rings. The molecular formula is C22H21ClN2O3S. The van der Waals surface area contributed by atoms with Crippen LogP contribution in [0.15, 0.2) is 72.8 Å². The molecule has 0 fully saturated rings. The molecule has 0 spiro atoms. The normalized spacial score (nSPS) is 12.2. The topological polar surface area (TPSA) is 75.3 Å². The Balaban J connectivity index is 1.95. The number of anilines is 1. The molecule has 5 nitrogen and oxygen atoms in total. The molecule has 1 unspecified atom stereocenters. The highest BCUT2D eigenvalue weighted by Gasteiger charge is 2.20. The summed E-state index contributed by atoms with van der Waals surface area (Å²) in [6.45, 7) is 2.00. The number of rotatable bonds is 6. The van der Waals surface area contributed by atoms with Crippen molar-refractivity contribution in [1.29, 1.82) is 0 Å². The molecule has 3 aromatic carbocycles. The van der Waals surface area contributed by atoms with E-state index in [2.05, 4.69) is 10.0 Å². The van der Waals surface area contributed by atoms with Crippen LogP contribution in [-0.2, 0) is 10.0 Å². The fourth-order valence-corrected chi connectivity index (χ4v) is 3.71. The third-order valence-electron chi connectivity index (χ3n) is 4.33. The lowest BCUT2D eigenvalue weighted by Crippen LogP contribution is -2.29. The maximum atomic E-state index is 13.0. The van der Waals surface area contributed by atoms with Gasteiger partial charge in [0.2, 0.25) is 10.0 Å². The van der Waals surface area contributed by atoms with Gasteiger partial charge in [-0.25, -0.2) is 8.42 Å². The second-order valence-electron chi connectivity index (χ2n) is 6.80. The average molecular weight is 429 g/mol. The minimum Gasteiger partial charge on any atom is -0.341 e. The highest BCUT2D eigenvalue weighted by atomic mass is 35.5. The third kappa shape index (κ3) is 5.59. The van der Waals surface area contributed by atoms with E-state index in [1.54, 1.807) is 0 Å². The van der Waals surface area contributed by atoms with Gasteiger partial charge in [-0.3, -0.25) is 9.52 Å². The van der Waals surface area contributed by atoms with Crippen LogP contribution in [0.25, 0.3) is 0 Å². The molecule has 3 rings (SSSR count). The zero-order valence-electron chi connectivity index (χ0n) is 16.0. The summed E-state index contributed by atoms with van der Waals surface area (Å²) in [7, 11) is -3.47. The standard InChI is InChI=1S/C22H21ClN2O3S/c1-15-8-10-17(11-9-15)21(16-6-4-3-5-7-16)24-22(26)19-14-18(12-13-20(19)23)25-29(2,27)28/h3-14,21,25H,1-2H3,(H,24,26). The van der Waals surface area contributed by atoms with Crippen LogP contribution in [0.3, 0.4) is 0 Å². The van der Waals surface area contributed by atoms with Crippen LogP contribution in [0.2, 0.25) is 5.02 Å². The molecular weight excluding hydrogens is 408 g/mol. The number of hydrogen-bond donors (Lipinski definition) is 2. The SMILES string of the molecule is Cc1ccc(C(NC(=O)c2cc(NS(C)(=O)=O)ccc2Cl)c2ccccc2)cc1. The van der Waals surface area contributed by atoms with Gasteiger partial charge in [0.15, 0.2) is 0 Å². The number of aryl methyl sites for hydroxylation is 1. The second-order valence-corrected chi connectivity index (χ2v) is 8.95. The molecule has 0 saturated carbocycles. The van der Waals surface area contributed by atoms with Gasteiger partial charge in [0.1, 0.15) is 0 Å². The van der Waals surface area contributed by atoms with E-state index in [9.17, 15) is 13.2 Å². The van der Waals surface area contributed by atoms with Crippen LogP contribution in [-0.4, -0.2) is 20.6 Å². The molecule has 0 aliphatic heterocycles. The van der Waals surface area contributed by atoms with Crippen LogP contribution in [0.1, 0.15) is 33.1 Å². The van der Waals surface area contributed by atoms with Gasteiger partial charge < -0.3 is 5.32 Å². The van der Waals surface area contributed by atoms with E-state index in [4.69, 9.17) is 11.6 Å². The zero-order chi connectivity index (χ0) is 21.0. The maximum Gasteiger partial charge on any atom is 0.253 e. The van der Waals surface area contributed by atoms with Gasteiger partial charge in [-0.1, -0.05) is 71.8 Å². The summed E-state index contributed by atoms with van der Waals surface area (Å²) in [6, 6.07) is 21.6. The van der Waals surface area contributed by atoms with Gasteiger partial charge in [0, 0.05) is 5.69 Å². The summed E-state index contributed by atoms with van der Waals surface area (Å²) in [6.07, 6.45) is 1.05. The fraction of sp³-hybridized carbons (Fsp3) is 0.136. The first kappa shape index (κ1) is 20.9. The summed E-state index contributed by atoms with van der Waals surface area (Å²) in [5.74, 6) is -0.401. The molecule has 0 heterocycles. The van der Waals surface area contributed by atoms with Gasteiger partial charge >= 0.3 is 0 Å². The fourth-order valence-electron chi connectivity index (χ4n) is 2.95. The molecule has 0 radical (unpaired) electrons. The van der Waals surface area contributed by atoms with Gasteiger partial charge in [-0.05, 0) is 36.2 Å². The molecule has 29 heavy (non-hydrogen) atoms. The van der Waals surface area contributed by atoms with E-state index in [0.29, 0.717) is 0 Å². The number of sulfonamides is 1. The molecule has 1 amide bonds. The van der Waals surface area contributed by atoms with Crippen molar-refractivity contribution in [2.24, 2.45) is 0 Å². The number of carbonyl (C=O) groups excluding carboxylic acids is 1. The third-order valence-corrected chi connectivity index (χ3v) is 5.27. The lowest BCUT2D eigenvalue weighted by atomic mass is 9.97. The molecule has 7 heteroatoms. The number of hydrogen-bond acceptors (Lipinski definition) is 3.